The zero-order valence-corrected chi connectivity index (χ0v) is 38.4. The van der Waals surface area contributed by atoms with Crippen LogP contribution in [0.2, 0.25) is 10.0 Å². The van der Waals surface area contributed by atoms with Crippen molar-refractivity contribution in [2.24, 2.45) is 0 Å². The standard InChI is InChI=1S/C17H11Cl2F3O5.C15H12F3NO4S.C3H8NO5P.C3H9S/c1-8(15(23)24)26-16(25)11-7-10(3-4-12(11)18)27-14-5-2-9(6-13(14)19)17(20,21)22;1-24(21,22)12-6-9(15(16,17)18)4-5-10(12)13(20)11-7-19-23-14(11)8-2-3-8;5-3(6)1-4-2-10(7,8)9;1-4(2)3/h2-8H,1H3,(H,23,24);4-8H,2-3H2,1H3;4H,1-2H2,(H,5,6)(H2,7,8,9);1-3H3/q;;;+1/p-1/t8-;;;/m0.../s1. The Labute approximate surface area is 379 Å². The van der Waals surface area contributed by atoms with Crippen LogP contribution in [-0.4, -0.2) is 96.3 Å². The van der Waals surface area contributed by atoms with Crippen LogP contribution >= 0.6 is 30.8 Å². The molecule has 0 spiro atoms. The van der Waals surface area contributed by atoms with Crippen LogP contribution in [0.5, 0.6) is 11.5 Å². The molecule has 1 heterocycles. The summed E-state index contributed by atoms with van der Waals surface area (Å²) in [5.74, 6) is -3.88. The Kier molecular flexibility index (Phi) is 20.6. The minimum absolute atomic E-state index is 0.0246. The predicted molar refractivity (Wildman–Crippen MR) is 222 cm³/mol. The summed E-state index contributed by atoms with van der Waals surface area (Å²) in [5.41, 5.74) is -2.49. The van der Waals surface area contributed by atoms with Gasteiger partial charge < -0.3 is 38.6 Å². The second kappa shape index (κ2) is 23.7. The molecule has 3 aromatic carbocycles. The van der Waals surface area contributed by atoms with Gasteiger partial charge in [0.05, 0.1) is 75.0 Å². The molecular formula is C38H39Cl2F6N2O14PS2. The van der Waals surface area contributed by atoms with Gasteiger partial charge in [-0.15, -0.1) is 0 Å². The number of aliphatic carboxylic acids is 2. The van der Waals surface area contributed by atoms with Crippen molar-refractivity contribution in [3.8, 4) is 11.5 Å². The average molecular weight is 1030 g/mol. The summed E-state index contributed by atoms with van der Waals surface area (Å²) in [6.07, 6.45) is -1.23. The van der Waals surface area contributed by atoms with E-state index >= 15 is 0 Å². The van der Waals surface area contributed by atoms with Crippen molar-refractivity contribution in [2.45, 2.75) is 49.0 Å². The maximum Gasteiger partial charge on any atom is 0.416 e. The van der Waals surface area contributed by atoms with Crippen LogP contribution in [0, 0.1) is 0 Å². The van der Waals surface area contributed by atoms with Gasteiger partial charge >= 0.3 is 30.3 Å². The van der Waals surface area contributed by atoms with Crippen molar-refractivity contribution in [2.75, 3.05) is 37.9 Å². The van der Waals surface area contributed by atoms with Gasteiger partial charge in [0.2, 0.25) is 0 Å². The first-order valence-electron chi connectivity index (χ1n) is 17.9. The quantitative estimate of drug-likeness (QED) is 0.0337. The fraction of sp³-hybridized carbons (Fsp3) is 0.342. The average Bonchev–Trinajstić information content (AvgIpc) is 3.89. The molecule has 4 aromatic rings. The van der Waals surface area contributed by atoms with E-state index in [4.69, 9.17) is 52.3 Å². The number of hydrogen-bond acceptors (Lipinski definition) is 13. The first-order valence-corrected chi connectivity index (χ1v) is 24.7. The van der Waals surface area contributed by atoms with Gasteiger partial charge in [0.15, 0.2) is 27.5 Å². The Bertz CT molecular complexity index is 2490. The van der Waals surface area contributed by atoms with Crippen LogP contribution in [0.15, 0.2) is 70.2 Å². The number of nitrogens with one attached hydrogen (secondary N) is 1. The summed E-state index contributed by atoms with van der Waals surface area (Å²) >= 11 is 11.7. The maximum absolute atomic E-state index is 12.8. The summed E-state index contributed by atoms with van der Waals surface area (Å²) in [6.45, 7) is 0.684. The summed E-state index contributed by atoms with van der Waals surface area (Å²) < 4.78 is 125. The number of benzene rings is 3. The highest BCUT2D eigenvalue weighted by Gasteiger charge is 2.36. The molecular weight excluding hydrogens is 988 g/mol. The van der Waals surface area contributed by atoms with E-state index in [9.17, 15) is 63.4 Å². The molecule has 1 fully saturated rings. The Morgan fingerprint density at radius 2 is 1.48 bits per heavy atom. The van der Waals surface area contributed by atoms with E-state index < -0.39 is 88.4 Å². The number of carbonyl (C=O) groups is 4. The molecule has 1 aliphatic rings. The number of nitrogens with zero attached hydrogens (tertiary/aromatic N) is 1. The van der Waals surface area contributed by atoms with Crippen molar-refractivity contribution in [3.05, 3.63) is 104 Å². The third-order valence-electron chi connectivity index (χ3n) is 7.61. The highest BCUT2D eigenvalue weighted by Crippen LogP contribution is 2.43. The van der Waals surface area contributed by atoms with Gasteiger partial charge in [-0.2, -0.15) is 26.3 Å². The van der Waals surface area contributed by atoms with Gasteiger partial charge in [-0.3, -0.25) is 14.9 Å². The highest BCUT2D eigenvalue weighted by atomic mass is 35.5. The van der Waals surface area contributed by atoms with E-state index in [0.717, 1.165) is 50.3 Å². The first kappa shape index (κ1) is 56.4. The van der Waals surface area contributed by atoms with Gasteiger partial charge in [-0.25, -0.2) is 18.0 Å². The number of carbonyl (C=O) groups excluding carboxylic acids is 2. The topological polar surface area (TPSA) is 260 Å². The van der Waals surface area contributed by atoms with Gasteiger partial charge in [0.1, 0.15) is 19.1 Å². The lowest BCUT2D eigenvalue weighted by Crippen LogP contribution is -2.25. The van der Waals surface area contributed by atoms with E-state index in [-0.39, 0.29) is 44.2 Å². The lowest BCUT2D eigenvalue weighted by atomic mass is 10.0. The summed E-state index contributed by atoms with van der Waals surface area (Å²) in [7, 11) is -7.75. The fourth-order valence-corrected chi connectivity index (χ4v) is 6.30. The first-order chi connectivity index (χ1) is 29.7. The summed E-state index contributed by atoms with van der Waals surface area (Å²) in [6, 6.07) is 8.38. The molecule has 0 amide bonds. The predicted octanol–water partition coefficient (Wildman–Crippen LogP) is 7.30. The number of esters is 1. The van der Waals surface area contributed by atoms with Crippen LogP contribution in [0.1, 0.15) is 68.8 Å². The molecule has 0 radical (unpaired) electrons. The Morgan fingerprint density at radius 3 is 1.95 bits per heavy atom. The lowest BCUT2D eigenvalue weighted by molar-refractivity contribution is -0.193. The molecule has 27 heteroatoms. The highest BCUT2D eigenvalue weighted by molar-refractivity contribution is 7.94. The maximum atomic E-state index is 12.8. The molecule has 0 aliphatic heterocycles. The smallest absolute Gasteiger partial charge is 0.416 e. The number of ketones is 1. The van der Waals surface area contributed by atoms with Crippen LogP contribution in [-0.2, 0) is 52.0 Å². The Hall–Kier alpha value is -4.68. The molecule has 1 unspecified atom stereocenters. The van der Waals surface area contributed by atoms with Crippen molar-refractivity contribution >= 4 is 75.2 Å². The minimum Gasteiger partial charge on any atom is -0.778 e. The number of carboxylic acid groups (broad SMARTS) is 2. The molecule has 1 saturated carbocycles. The number of rotatable bonds is 13. The second-order valence-corrected chi connectivity index (χ2v) is 20.6. The monoisotopic (exact) mass is 1030 g/mol. The van der Waals surface area contributed by atoms with Crippen molar-refractivity contribution in [3.63, 3.8) is 0 Å². The van der Waals surface area contributed by atoms with Crippen molar-refractivity contribution in [1.29, 1.82) is 0 Å². The third-order valence-corrected chi connectivity index (χ3v) is 9.99. The minimum atomic E-state index is -4.71. The van der Waals surface area contributed by atoms with E-state index in [2.05, 4.69) is 23.9 Å². The zero-order chi connectivity index (χ0) is 49.8. The Balaban J connectivity index is 0.000000348. The van der Waals surface area contributed by atoms with Crippen molar-refractivity contribution in [1.82, 2.24) is 10.5 Å². The normalized spacial score (nSPS) is 13.9. The van der Waals surface area contributed by atoms with Gasteiger partial charge in [0.25, 0.3) is 0 Å². The summed E-state index contributed by atoms with van der Waals surface area (Å²) in [5, 5.41) is 22.0. The van der Waals surface area contributed by atoms with Gasteiger partial charge in [-0.05, 0) is 85.3 Å². The van der Waals surface area contributed by atoms with Crippen molar-refractivity contribution < 1.29 is 92.5 Å². The molecule has 16 nitrogen and oxygen atoms in total. The third kappa shape index (κ3) is 19.4. The zero-order valence-electron chi connectivity index (χ0n) is 34.3. The number of halogens is 8. The molecule has 5 rings (SSSR count). The number of ether oxygens (including phenoxy) is 2. The SMILES string of the molecule is CS(=O)(=O)c1cc(C(F)(F)F)ccc1C(=O)c1cnoc1C1CC1.C[C@H](OC(=O)c1cc(Oc2ccc(C(F)(F)F)cc2Cl)ccc1Cl)C(=O)O.C[S+](C)C.O=C(O)CNCP(=O)([O-])O. The number of hydrogen-bond donors (Lipinski definition) is 4. The molecule has 4 N–H and O–H groups in total. The number of aromatic nitrogens is 1. The molecule has 358 valence electrons. The van der Waals surface area contributed by atoms with Gasteiger partial charge in [0, 0.05) is 17.7 Å². The molecule has 0 saturated heterocycles. The number of sulfone groups is 1. The number of alkyl halides is 6. The van der Waals surface area contributed by atoms with E-state index in [1.54, 1.807) is 0 Å². The largest absolute Gasteiger partial charge is 0.778 e. The molecule has 2 atom stereocenters. The number of carboxylic acids is 2. The Morgan fingerprint density at radius 1 is 0.923 bits per heavy atom. The molecule has 1 aliphatic carbocycles. The van der Waals surface area contributed by atoms with Gasteiger partial charge in [-0.1, -0.05) is 28.4 Å². The van der Waals surface area contributed by atoms with Crippen LogP contribution in [0.4, 0.5) is 26.3 Å². The van der Waals surface area contributed by atoms with Crippen LogP contribution < -0.4 is 14.9 Å². The fourth-order valence-electron chi connectivity index (χ4n) is 4.59. The molecule has 0 bridgehead atoms. The van der Waals surface area contributed by atoms with E-state index in [0.29, 0.717) is 34.9 Å². The summed E-state index contributed by atoms with van der Waals surface area (Å²) in [4.78, 5) is 62.5. The molecule has 65 heavy (non-hydrogen) atoms. The lowest BCUT2D eigenvalue weighted by Gasteiger charge is -2.14. The second-order valence-electron chi connectivity index (χ2n) is 13.8. The van der Waals surface area contributed by atoms with Crippen LogP contribution in [0.3, 0.4) is 0 Å². The van der Waals surface area contributed by atoms with E-state index in [1.165, 1.54) is 18.3 Å². The van der Waals surface area contributed by atoms with E-state index in [1.807, 2.05) is 5.32 Å². The molecule has 1 aromatic heterocycles. The van der Waals surface area contributed by atoms with Crippen LogP contribution in [0.25, 0.3) is 0 Å².